The zero-order valence-electron chi connectivity index (χ0n) is 8.88. The van der Waals surface area contributed by atoms with Crippen LogP contribution >= 0.6 is 0 Å². The molecule has 0 aromatic rings. The van der Waals surface area contributed by atoms with Crippen LogP contribution < -0.4 is 10.6 Å². The van der Waals surface area contributed by atoms with Gasteiger partial charge in [-0.25, -0.2) is 0 Å². The zero-order valence-corrected chi connectivity index (χ0v) is 8.88. The molecule has 1 atom stereocenters. The molecule has 1 unspecified atom stereocenters. The molecule has 0 aromatic heterocycles. The summed E-state index contributed by atoms with van der Waals surface area (Å²) in [6.07, 6.45) is 6.40. The first-order valence-corrected chi connectivity index (χ1v) is 5.78. The van der Waals surface area contributed by atoms with Gasteiger partial charge in [0.1, 0.15) is 0 Å². The maximum Gasteiger partial charge on any atom is 0.234 e. The second-order valence-electron chi connectivity index (χ2n) is 4.70. The highest BCUT2D eigenvalue weighted by Gasteiger charge is 2.26. The smallest absolute Gasteiger partial charge is 0.234 e. The Hall–Kier alpha value is -0.570. The Balaban J connectivity index is 1.59. The van der Waals surface area contributed by atoms with Crippen molar-refractivity contribution in [2.75, 3.05) is 6.54 Å². The predicted octanol–water partition coefficient (Wildman–Crippen LogP) is 1.04. The van der Waals surface area contributed by atoms with Crippen LogP contribution in [0.3, 0.4) is 0 Å². The number of amides is 1. The fourth-order valence-corrected chi connectivity index (χ4v) is 1.89. The SMILES string of the molecule is CC(NC(=O)CNC1CC1)C1CCC1. The average Bonchev–Trinajstić information content (AvgIpc) is 2.79. The molecule has 2 aliphatic rings. The van der Waals surface area contributed by atoms with Crippen molar-refractivity contribution < 1.29 is 4.79 Å². The molecule has 0 aliphatic heterocycles. The summed E-state index contributed by atoms with van der Waals surface area (Å²) in [7, 11) is 0. The third kappa shape index (κ3) is 2.71. The second-order valence-corrected chi connectivity index (χ2v) is 4.70. The molecule has 0 aromatic carbocycles. The summed E-state index contributed by atoms with van der Waals surface area (Å²) in [6, 6.07) is 0.997. The second kappa shape index (κ2) is 4.30. The van der Waals surface area contributed by atoms with Gasteiger partial charge in [-0.2, -0.15) is 0 Å². The molecule has 0 heterocycles. The average molecular weight is 196 g/mol. The number of nitrogens with one attached hydrogen (secondary N) is 2. The van der Waals surface area contributed by atoms with Gasteiger partial charge in [0, 0.05) is 12.1 Å². The first-order chi connectivity index (χ1) is 6.75. The van der Waals surface area contributed by atoms with E-state index in [1.54, 1.807) is 0 Å². The Labute approximate surface area is 85.6 Å². The zero-order chi connectivity index (χ0) is 9.97. The van der Waals surface area contributed by atoms with Crippen molar-refractivity contribution in [3.63, 3.8) is 0 Å². The largest absolute Gasteiger partial charge is 0.352 e. The minimum absolute atomic E-state index is 0.163. The fraction of sp³-hybridized carbons (Fsp3) is 0.909. The Morgan fingerprint density at radius 1 is 1.36 bits per heavy atom. The molecule has 2 N–H and O–H groups in total. The minimum atomic E-state index is 0.163. The molecule has 80 valence electrons. The van der Waals surface area contributed by atoms with Gasteiger partial charge in [0.2, 0.25) is 5.91 Å². The Bertz CT molecular complexity index is 209. The molecule has 3 nitrogen and oxygen atoms in total. The van der Waals surface area contributed by atoms with Gasteiger partial charge in [-0.05, 0) is 38.5 Å². The highest BCUT2D eigenvalue weighted by atomic mass is 16.1. The minimum Gasteiger partial charge on any atom is -0.352 e. The Kier molecular flexibility index (Phi) is 3.06. The van der Waals surface area contributed by atoms with Gasteiger partial charge >= 0.3 is 0 Å². The third-order valence-corrected chi connectivity index (χ3v) is 3.37. The molecule has 2 saturated carbocycles. The third-order valence-electron chi connectivity index (χ3n) is 3.37. The quantitative estimate of drug-likeness (QED) is 0.690. The lowest BCUT2D eigenvalue weighted by molar-refractivity contribution is -0.121. The summed E-state index contributed by atoms with van der Waals surface area (Å²) < 4.78 is 0. The summed E-state index contributed by atoms with van der Waals surface area (Å²) in [5, 5.41) is 6.29. The maximum absolute atomic E-state index is 11.5. The number of carbonyl (C=O) groups excluding carboxylic acids is 1. The van der Waals surface area contributed by atoms with Crippen LogP contribution in [0.15, 0.2) is 0 Å². The van der Waals surface area contributed by atoms with Gasteiger partial charge in [-0.1, -0.05) is 6.42 Å². The van der Waals surface area contributed by atoms with Crippen LogP contribution in [0, 0.1) is 5.92 Å². The highest BCUT2D eigenvalue weighted by Crippen LogP contribution is 2.29. The van der Waals surface area contributed by atoms with E-state index in [4.69, 9.17) is 0 Å². The summed E-state index contributed by atoms with van der Waals surface area (Å²) >= 11 is 0. The van der Waals surface area contributed by atoms with Crippen molar-refractivity contribution in [2.24, 2.45) is 5.92 Å². The monoisotopic (exact) mass is 196 g/mol. The maximum atomic E-state index is 11.5. The van der Waals surface area contributed by atoms with Crippen molar-refractivity contribution in [1.29, 1.82) is 0 Å². The van der Waals surface area contributed by atoms with Crippen molar-refractivity contribution >= 4 is 5.91 Å². The molecule has 2 fully saturated rings. The Morgan fingerprint density at radius 2 is 2.07 bits per heavy atom. The van der Waals surface area contributed by atoms with E-state index in [2.05, 4.69) is 17.6 Å². The number of carbonyl (C=O) groups is 1. The van der Waals surface area contributed by atoms with Crippen molar-refractivity contribution in [2.45, 2.75) is 51.1 Å². The molecular formula is C11H20N2O. The van der Waals surface area contributed by atoms with Crippen LogP contribution in [-0.2, 0) is 4.79 Å². The molecule has 0 bridgehead atoms. The predicted molar refractivity (Wildman–Crippen MR) is 56.0 cm³/mol. The highest BCUT2D eigenvalue weighted by molar-refractivity contribution is 5.78. The fourth-order valence-electron chi connectivity index (χ4n) is 1.89. The van der Waals surface area contributed by atoms with E-state index in [1.807, 2.05) is 0 Å². The van der Waals surface area contributed by atoms with Crippen molar-refractivity contribution in [3.05, 3.63) is 0 Å². The molecule has 2 aliphatic carbocycles. The van der Waals surface area contributed by atoms with Gasteiger partial charge in [-0.15, -0.1) is 0 Å². The molecule has 3 heteroatoms. The molecule has 2 rings (SSSR count). The van der Waals surface area contributed by atoms with Crippen LogP contribution in [0.25, 0.3) is 0 Å². The van der Waals surface area contributed by atoms with Gasteiger partial charge in [0.15, 0.2) is 0 Å². The van der Waals surface area contributed by atoms with Crippen LogP contribution in [0.1, 0.15) is 39.0 Å². The van der Waals surface area contributed by atoms with Crippen molar-refractivity contribution in [1.82, 2.24) is 10.6 Å². The molecular weight excluding hydrogens is 176 g/mol. The van der Waals surface area contributed by atoms with Gasteiger partial charge in [0.05, 0.1) is 6.54 Å². The van der Waals surface area contributed by atoms with E-state index >= 15 is 0 Å². The summed E-state index contributed by atoms with van der Waals surface area (Å²) in [4.78, 5) is 11.5. The van der Waals surface area contributed by atoms with E-state index in [-0.39, 0.29) is 5.91 Å². The Morgan fingerprint density at radius 3 is 2.57 bits per heavy atom. The van der Waals surface area contributed by atoms with E-state index in [0.717, 1.165) is 5.92 Å². The van der Waals surface area contributed by atoms with Gasteiger partial charge in [0.25, 0.3) is 0 Å². The molecule has 0 saturated heterocycles. The first kappa shape index (κ1) is 9.97. The summed E-state index contributed by atoms with van der Waals surface area (Å²) in [6.45, 7) is 2.63. The first-order valence-electron chi connectivity index (χ1n) is 5.78. The van der Waals surface area contributed by atoms with Crippen LogP contribution in [0.4, 0.5) is 0 Å². The standard InChI is InChI=1S/C11H20N2O/c1-8(9-3-2-4-9)13-11(14)7-12-10-5-6-10/h8-10,12H,2-7H2,1H3,(H,13,14). The lowest BCUT2D eigenvalue weighted by Gasteiger charge is -2.31. The van der Waals surface area contributed by atoms with E-state index in [9.17, 15) is 4.79 Å². The topological polar surface area (TPSA) is 41.1 Å². The lowest BCUT2D eigenvalue weighted by atomic mass is 9.80. The number of rotatable bonds is 5. The molecule has 0 radical (unpaired) electrons. The van der Waals surface area contributed by atoms with Crippen LogP contribution in [0.2, 0.25) is 0 Å². The van der Waals surface area contributed by atoms with Gasteiger partial charge in [-0.3, -0.25) is 4.79 Å². The molecule has 14 heavy (non-hydrogen) atoms. The van der Waals surface area contributed by atoms with E-state index < -0.39 is 0 Å². The summed E-state index contributed by atoms with van der Waals surface area (Å²) in [5.74, 6) is 0.899. The van der Waals surface area contributed by atoms with Crippen molar-refractivity contribution in [3.8, 4) is 0 Å². The van der Waals surface area contributed by atoms with E-state index in [1.165, 1.54) is 32.1 Å². The summed E-state index contributed by atoms with van der Waals surface area (Å²) in [5.41, 5.74) is 0. The number of hydrogen-bond acceptors (Lipinski definition) is 2. The molecule has 0 spiro atoms. The normalized spacial score (nSPS) is 24.1. The van der Waals surface area contributed by atoms with E-state index in [0.29, 0.717) is 18.6 Å². The van der Waals surface area contributed by atoms with Gasteiger partial charge < -0.3 is 10.6 Å². The lowest BCUT2D eigenvalue weighted by Crippen LogP contribution is -2.44. The van der Waals surface area contributed by atoms with Crippen LogP contribution in [-0.4, -0.2) is 24.5 Å². The number of hydrogen-bond donors (Lipinski definition) is 2. The van der Waals surface area contributed by atoms with Crippen LogP contribution in [0.5, 0.6) is 0 Å². The molecule has 1 amide bonds.